The van der Waals surface area contributed by atoms with Crippen LogP contribution in [-0.2, 0) is 11.3 Å². The van der Waals surface area contributed by atoms with Crippen molar-refractivity contribution in [2.75, 3.05) is 63.1 Å². The molecule has 3 aromatic rings. The number of nitrogens with two attached hydrogens (primary N) is 1. The van der Waals surface area contributed by atoms with Gasteiger partial charge in [0.2, 0.25) is 0 Å². The van der Waals surface area contributed by atoms with Gasteiger partial charge in [-0.1, -0.05) is 12.1 Å². The molecule has 4 rings (SSSR count). The molecule has 0 bridgehead atoms. The van der Waals surface area contributed by atoms with Crippen molar-refractivity contribution < 1.29 is 9.90 Å². The number of benzene rings is 1. The number of anilines is 3. The van der Waals surface area contributed by atoms with Crippen molar-refractivity contribution in [2.24, 2.45) is 5.73 Å². The number of nitrogens with one attached hydrogen (secondary N) is 1. The second kappa shape index (κ2) is 12.4. The molecule has 0 radical (unpaired) electrons. The fourth-order valence-electron chi connectivity index (χ4n) is 4.35. The van der Waals surface area contributed by atoms with Gasteiger partial charge in [-0.2, -0.15) is 0 Å². The molecule has 1 aliphatic rings. The van der Waals surface area contributed by atoms with E-state index in [2.05, 4.69) is 43.3 Å². The number of hydrogen-bond acceptors (Lipinski definition) is 8. The van der Waals surface area contributed by atoms with Crippen LogP contribution in [-0.4, -0.2) is 83.7 Å². The summed E-state index contributed by atoms with van der Waals surface area (Å²) in [6.45, 7) is 5.79. The van der Waals surface area contributed by atoms with Crippen LogP contribution in [0.3, 0.4) is 0 Å². The molecule has 0 spiro atoms. The minimum Gasteiger partial charge on any atom is -0.480 e. The van der Waals surface area contributed by atoms with Gasteiger partial charge in [0.05, 0.1) is 6.54 Å². The monoisotopic (exact) mass is 489 g/mol. The summed E-state index contributed by atoms with van der Waals surface area (Å²) >= 11 is 0. The van der Waals surface area contributed by atoms with Crippen molar-refractivity contribution in [1.82, 2.24) is 19.8 Å². The molecule has 9 heteroatoms. The van der Waals surface area contributed by atoms with Crippen LogP contribution in [0.25, 0.3) is 11.1 Å². The highest BCUT2D eigenvalue weighted by Gasteiger charge is 2.18. The quantitative estimate of drug-likeness (QED) is 0.374. The summed E-state index contributed by atoms with van der Waals surface area (Å²) in [5.41, 5.74) is 9.89. The third-order valence-corrected chi connectivity index (χ3v) is 6.36. The molecule has 36 heavy (non-hydrogen) atoms. The fraction of sp³-hybridized carbons (Fsp3) is 0.370. The molecule has 0 atom stereocenters. The molecule has 190 valence electrons. The van der Waals surface area contributed by atoms with Crippen LogP contribution >= 0.6 is 0 Å². The SMILES string of the molecule is CN(CCCN)c1ccc(-c2ccnc(Nc3cccc(CN4CCN(CC(=O)O)CC4)c3)c2)cn1. The van der Waals surface area contributed by atoms with Crippen molar-refractivity contribution in [3.05, 3.63) is 66.5 Å². The average Bonchev–Trinajstić information content (AvgIpc) is 2.88. The first-order valence-corrected chi connectivity index (χ1v) is 12.4. The lowest BCUT2D eigenvalue weighted by Gasteiger charge is -2.33. The Balaban J connectivity index is 1.36. The lowest BCUT2D eigenvalue weighted by molar-refractivity contribution is -0.138. The summed E-state index contributed by atoms with van der Waals surface area (Å²) in [6.07, 6.45) is 4.63. The van der Waals surface area contributed by atoms with Crippen LogP contribution in [0.1, 0.15) is 12.0 Å². The van der Waals surface area contributed by atoms with E-state index >= 15 is 0 Å². The minimum atomic E-state index is -0.765. The Morgan fingerprint density at radius 3 is 2.58 bits per heavy atom. The fourth-order valence-corrected chi connectivity index (χ4v) is 4.35. The number of aromatic nitrogens is 2. The van der Waals surface area contributed by atoms with Crippen LogP contribution in [0.4, 0.5) is 17.3 Å². The van der Waals surface area contributed by atoms with Gasteiger partial charge in [0.25, 0.3) is 0 Å². The number of piperazine rings is 1. The Labute approximate surface area is 212 Å². The van der Waals surface area contributed by atoms with Gasteiger partial charge in [-0.15, -0.1) is 0 Å². The van der Waals surface area contributed by atoms with E-state index in [4.69, 9.17) is 10.8 Å². The van der Waals surface area contributed by atoms with Crippen LogP contribution in [0.5, 0.6) is 0 Å². The normalized spacial score (nSPS) is 14.5. The van der Waals surface area contributed by atoms with Gasteiger partial charge in [-0.05, 0) is 60.5 Å². The summed E-state index contributed by atoms with van der Waals surface area (Å²) in [4.78, 5) is 26.5. The highest BCUT2D eigenvalue weighted by Crippen LogP contribution is 2.24. The average molecular weight is 490 g/mol. The number of aliphatic carboxylic acids is 1. The molecule has 3 heterocycles. The van der Waals surface area contributed by atoms with E-state index in [1.807, 2.05) is 48.5 Å². The standard InChI is InChI=1S/C27H35N7O2/c1-32(11-3-9-28)26-7-6-23(18-30-26)22-8-10-29-25(17-22)31-24-5-2-4-21(16-24)19-33-12-14-34(15-13-33)20-27(35)36/h2,4-8,10,16-18H,3,9,11-15,19-20,28H2,1H3,(H,29,31)(H,35,36). The Bertz CT molecular complexity index is 1130. The van der Waals surface area contributed by atoms with E-state index in [-0.39, 0.29) is 6.54 Å². The summed E-state index contributed by atoms with van der Waals surface area (Å²) in [7, 11) is 2.03. The minimum absolute atomic E-state index is 0.116. The molecule has 0 aliphatic carbocycles. The van der Waals surface area contributed by atoms with Gasteiger partial charge in [0, 0.05) is 70.0 Å². The van der Waals surface area contributed by atoms with E-state index in [1.54, 1.807) is 6.20 Å². The third-order valence-electron chi connectivity index (χ3n) is 6.36. The zero-order valence-electron chi connectivity index (χ0n) is 20.8. The van der Waals surface area contributed by atoms with Crippen molar-refractivity contribution >= 4 is 23.3 Å². The van der Waals surface area contributed by atoms with Crippen molar-refractivity contribution in [3.8, 4) is 11.1 Å². The summed E-state index contributed by atoms with van der Waals surface area (Å²) in [5.74, 6) is 0.940. The van der Waals surface area contributed by atoms with Crippen LogP contribution in [0.2, 0.25) is 0 Å². The Hall–Kier alpha value is -3.53. The van der Waals surface area contributed by atoms with Gasteiger partial charge >= 0.3 is 5.97 Å². The second-order valence-corrected chi connectivity index (χ2v) is 9.17. The molecule has 1 saturated heterocycles. The molecule has 2 aromatic heterocycles. The summed E-state index contributed by atoms with van der Waals surface area (Å²) in [5, 5.41) is 12.4. The number of rotatable bonds is 11. The van der Waals surface area contributed by atoms with Crippen molar-refractivity contribution in [3.63, 3.8) is 0 Å². The second-order valence-electron chi connectivity index (χ2n) is 9.17. The Morgan fingerprint density at radius 2 is 1.86 bits per heavy atom. The highest BCUT2D eigenvalue weighted by atomic mass is 16.4. The maximum absolute atomic E-state index is 10.9. The molecule has 1 fully saturated rings. The van der Waals surface area contributed by atoms with Gasteiger partial charge < -0.3 is 21.1 Å². The first-order chi connectivity index (χ1) is 17.5. The van der Waals surface area contributed by atoms with Gasteiger partial charge in [0.15, 0.2) is 0 Å². The number of carboxylic acids is 1. The predicted molar refractivity (Wildman–Crippen MR) is 143 cm³/mol. The topological polar surface area (TPSA) is 111 Å². The zero-order chi connectivity index (χ0) is 25.3. The van der Waals surface area contributed by atoms with Gasteiger partial charge in [0.1, 0.15) is 11.6 Å². The summed E-state index contributed by atoms with van der Waals surface area (Å²) < 4.78 is 0. The van der Waals surface area contributed by atoms with Crippen LogP contribution in [0.15, 0.2) is 60.9 Å². The van der Waals surface area contributed by atoms with E-state index in [9.17, 15) is 4.79 Å². The van der Waals surface area contributed by atoms with E-state index in [0.29, 0.717) is 6.54 Å². The first-order valence-electron chi connectivity index (χ1n) is 12.4. The van der Waals surface area contributed by atoms with Crippen LogP contribution in [0, 0.1) is 0 Å². The first kappa shape index (κ1) is 25.6. The molecule has 1 aliphatic heterocycles. The number of carbonyl (C=O) groups is 1. The Kier molecular flexibility index (Phi) is 8.83. The largest absolute Gasteiger partial charge is 0.480 e. The number of nitrogens with zero attached hydrogens (tertiary/aromatic N) is 5. The number of pyridine rings is 2. The smallest absolute Gasteiger partial charge is 0.317 e. The third kappa shape index (κ3) is 7.24. The number of carboxylic acid groups (broad SMARTS) is 1. The molecular weight excluding hydrogens is 454 g/mol. The van der Waals surface area contributed by atoms with E-state index in [0.717, 1.165) is 74.1 Å². The van der Waals surface area contributed by atoms with Crippen molar-refractivity contribution in [2.45, 2.75) is 13.0 Å². The molecule has 1 aromatic carbocycles. The van der Waals surface area contributed by atoms with Crippen molar-refractivity contribution in [1.29, 1.82) is 0 Å². The highest BCUT2D eigenvalue weighted by molar-refractivity contribution is 5.69. The summed E-state index contributed by atoms with van der Waals surface area (Å²) in [6, 6.07) is 16.5. The predicted octanol–water partition coefficient (Wildman–Crippen LogP) is 2.87. The molecule has 9 nitrogen and oxygen atoms in total. The lowest BCUT2D eigenvalue weighted by Crippen LogP contribution is -2.47. The molecule has 0 unspecified atom stereocenters. The maximum atomic E-state index is 10.9. The van der Waals surface area contributed by atoms with E-state index < -0.39 is 5.97 Å². The van der Waals surface area contributed by atoms with Gasteiger partial charge in [-0.25, -0.2) is 9.97 Å². The maximum Gasteiger partial charge on any atom is 0.317 e. The molecule has 0 saturated carbocycles. The number of hydrogen-bond donors (Lipinski definition) is 3. The van der Waals surface area contributed by atoms with Crippen LogP contribution < -0.4 is 16.0 Å². The molecule has 4 N–H and O–H groups in total. The van der Waals surface area contributed by atoms with E-state index in [1.165, 1.54) is 5.56 Å². The van der Waals surface area contributed by atoms with Gasteiger partial charge in [-0.3, -0.25) is 14.6 Å². The molecule has 0 amide bonds. The molecular formula is C27H35N7O2. The lowest BCUT2D eigenvalue weighted by atomic mass is 10.1. The zero-order valence-corrected chi connectivity index (χ0v) is 20.8. The Morgan fingerprint density at radius 1 is 1.06 bits per heavy atom.